The lowest BCUT2D eigenvalue weighted by molar-refractivity contribution is -0.136. The molecule has 9 nitrogen and oxygen atoms in total. The molecule has 0 aliphatic carbocycles. The van der Waals surface area contributed by atoms with Crippen molar-refractivity contribution in [1.82, 2.24) is 9.80 Å². The number of methoxy groups -OCH3 is 1. The minimum Gasteiger partial charge on any atom is -0.493 e. The van der Waals surface area contributed by atoms with E-state index in [1.165, 1.54) is 31.4 Å². The van der Waals surface area contributed by atoms with E-state index in [9.17, 15) is 22.8 Å². The van der Waals surface area contributed by atoms with Gasteiger partial charge in [0.25, 0.3) is 11.1 Å². The number of hydrogen-bond donors (Lipinski definition) is 0. The first-order chi connectivity index (χ1) is 14.2. The molecule has 0 spiro atoms. The fourth-order valence-corrected chi connectivity index (χ4v) is 4.47. The monoisotopic (exact) mass is 454 g/mol. The van der Waals surface area contributed by atoms with Crippen LogP contribution in [0.1, 0.15) is 24.8 Å². The highest BCUT2D eigenvalue weighted by Gasteiger charge is 2.37. The van der Waals surface area contributed by atoms with Crippen LogP contribution in [0, 0.1) is 0 Å². The van der Waals surface area contributed by atoms with Crippen LogP contribution in [-0.4, -0.2) is 68.3 Å². The van der Waals surface area contributed by atoms with Gasteiger partial charge in [-0.3, -0.25) is 19.3 Å². The summed E-state index contributed by atoms with van der Waals surface area (Å²) in [6, 6.07) is 4.43. The Morgan fingerprint density at radius 3 is 2.50 bits per heavy atom. The molecule has 3 amide bonds. The molecule has 2 aliphatic rings. The van der Waals surface area contributed by atoms with Crippen molar-refractivity contribution in [3.05, 3.63) is 28.7 Å². The summed E-state index contributed by atoms with van der Waals surface area (Å²) in [5.41, 5.74) is 0.514. The number of amides is 3. The minimum atomic E-state index is -3.73. The molecule has 0 N–H and O–H groups in total. The summed E-state index contributed by atoms with van der Waals surface area (Å²) in [4.78, 5) is 40.2. The van der Waals surface area contributed by atoms with Gasteiger partial charge in [-0.15, -0.1) is 0 Å². The molecule has 0 saturated carbocycles. The first-order valence-corrected chi connectivity index (χ1v) is 11.9. The van der Waals surface area contributed by atoms with E-state index in [-0.39, 0.29) is 28.9 Å². The van der Waals surface area contributed by atoms with Crippen molar-refractivity contribution in [3.63, 3.8) is 0 Å². The zero-order chi connectivity index (χ0) is 21.9. The Labute approximate surface area is 179 Å². The normalized spacial score (nSPS) is 18.8. The molecule has 0 atom stereocenters. The summed E-state index contributed by atoms with van der Waals surface area (Å²) in [5, 5.41) is -0.499. The molecule has 30 heavy (non-hydrogen) atoms. The van der Waals surface area contributed by atoms with Gasteiger partial charge in [0.2, 0.25) is 5.91 Å². The van der Waals surface area contributed by atoms with Crippen LogP contribution in [0.4, 0.5) is 4.79 Å². The van der Waals surface area contributed by atoms with Crippen LogP contribution >= 0.6 is 11.8 Å². The zero-order valence-corrected chi connectivity index (χ0v) is 18.3. The number of piperidine rings is 1. The Morgan fingerprint density at radius 2 is 1.87 bits per heavy atom. The summed E-state index contributed by atoms with van der Waals surface area (Å²) < 4.78 is 32.7. The lowest BCUT2D eigenvalue weighted by Crippen LogP contribution is -2.44. The van der Waals surface area contributed by atoms with E-state index >= 15 is 0 Å². The SMILES string of the molecule is COc1cc(/C=C2\SC(=O)N(CC(=O)N3CCCCC3)C2=O)ccc1OS(C)(=O)=O. The molecule has 2 aliphatic heterocycles. The summed E-state index contributed by atoms with van der Waals surface area (Å²) >= 11 is 0.753. The fraction of sp³-hybridized carbons (Fsp3) is 0.421. The number of likely N-dealkylation sites (tertiary alicyclic amines) is 1. The molecule has 1 aromatic rings. The van der Waals surface area contributed by atoms with Gasteiger partial charge in [0.05, 0.1) is 18.3 Å². The first-order valence-electron chi connectivity index (χ1n) is 9.28. The summed E-state index contributed by atoms with van der Waals surface area (Å²) in [6.45, 7) is 1.02. The highest BCUT2D eigenvalue weighted by atomic mass is 32.2. The van der Waals surface area contributed by atoms with Crippen molar-refractivity contribution in [1.29, 1.82) is 0 Å². The minimum absolute atomic E-state index is 0.0115. The van der Waals surface area contributed by atoms with Gasteiger partial charge in [0.15, 0.2) is 11.5 Å². The van der Waals surface area contributed by atoms with Crippen molar-refractivity contribution in [2.45, 2.75) is 19.3 Å². The Morgan fingerprint density at radius 1 is 1.17 bits per heavy atom. The molecule has 162 valence electrons. The lowest BCUT2D eigenvalue weighted by Gasteiger charge is -2.27. The molecular weight excluding hydrogens is 432 g/mol. The van der Waals surface area contributed by atoms with Gasteiger partial charge < -0.3 is 13.8 Å². The standard InChI is InChI=1S/C19H22N2O7S2/c1-27-15-10-13(6-7-14(15)28-30(2,25)26)11-16-18(23)21(19(24)29-16)12-17(22)20-8-4-3-5-9-20/h6-7,10-11H,3-5,8-9,12H2,1-2H3/b16-11-. The number of carbonyl (C=O) groups excluding carboxylic acids is 3. The number of imide groups is 1. The van der Waals surface area contributed by atoms with Gasteiger partial charge in [-0.05, 0) is 54.8 Å². The number of rotatable bonds is 6. The predicted molar refractivity (Wildman–Crippen MR) is 112 cm³/mol. The summed E-state index contributed by atoms with van der Waals surface area (Å²) in [5.74, 6) is -0.598. The second-order valence-corrected chi connectivity index (χ2v) is 9.48. The van der Waals surface area contributed by atoms with Gasteiger partial charge in [-0.1, -0.05) is 6.07 Å². The van der Waals surface area contributed by atoms with Crippen LogP contribution in [0.5, 0.6) is 11.5 Å². The van der Waals surface area contributed by atoms with Crippen molar-refractivity contribution in [2.24, 2.45) is 0 Å². The predicted octanol–water partition coefficient (Wildman–Crippen LogP) is 2.08. The van der Waals surface area contributed by atoms with E-state index in [1.54, 1.807) is 4.90 Å². The molecule has 3 rings (SSSR count). The molecule has 1 aromatic carbocycles. The molecule has 11 heteroatoms. The van der Waals surface area contributed by atoms with Crippen LogP contribution in [0.15, 0.2) is 23.1 Å². The second-order valence-electron chi connectivity index (χ2n) is 6.91. The molecule has 2 heterocycles. The first kappa shape index (κ1) is 22.2. The third-order valence-electron chi connectivity index (χ3n) is 4.60. The molecule has 2 saturated heterocycles. The van der Waals surface area contributed by atoms with Gasteiger partial charge in [-0.25, -0.2) is 0 Å². The largest absolute Gasteiger partial charge is 0.493 e. The van der Waals surface area contributed by atoms with Gasteiger partial charge in [0.1, 0.15) is 6.54 Å². The van der Waals surface area contributed by atoms with E-state index < -0.39 is 21.3 Å². The van der Waals surface area contributed by atoms with E-state index in [4.69, 9.17) is 8.92 Å². The smallest absolute Gasteiger partial charge is 0.306 e. The van der Waals surface area contributed by atoms with Crippen molar-refractivity contribution in [3.8, 4) is 11.5 Å². The third kappa shape index (κ3) is 5.33. The Bertz CT molecular complexity index is 998. The zero-order valence-electron chi connectivity index (χ0n) is 16.6. The van der Waals surface area contributed by atoms with Crippen LogP contribution in [0.25, 0.3) is 6.08 Å². The number of hydrogen-bond acceptors (Lipinski definition) is 8. The summed E-state index contributed by atoms with van der Waals surface area (Å²) in [7, 11) is -2.37. The van der Waals surface area contributed by atoms with Crippen LogP contribution in [0.3, 0.4) is 0 Å². The number of ether oxygens (including phenoxy) is 1. The van der Waals surface area contributed by atoms with E-state index in [0.717, 1.165) is 42.2 Å². The topological polar surface area (TPSA) is 110 Å². The average molecular weight is 455 g/mol. The molecular formula is C19H22N2O7S2. The van der Waals surface area contributed by atoms with Crippen LogP contribution in [0.2, 0.25) is 0 Å². The number of benzene rings is 1. The molecule has 0 bridgehead atoms. The maximum Gasteiger partial charge on any atom is 0.306 e. The van der Waals surface area contributed by atoms with Crippen LogP contribution in [-0.2, 0) is 19.7 Å². The van der Waals surface area contributed by atoms with E-state index in [2.05, 4.69) is 0 Å². The fourth-order valence-electron chi connectivity index (χ4n) is 3.17. The number of nitrogens with zero attached hydrogens (tertiary/aromatic N) is 2. The second kappa shape index (κ2) is 9.09. The number of carbonyl (C=O) groups is 3. The quantitative estimate of drug-likeness (QED) is 0.475. The molecule has 0 aromatic heterocycles. The van der Waals surface area contributed by atoms with Crippen LogP contribution < -0.4 is 8.92 Å². The summed E-state index contributed by atoms with van der Waals surface area (Å²) in [6.07, 6.45) is 5.33. The Balaban J connectivity index is 1.75. The number of thioether (sulfide) groups is 1. The van der Waals surface area contributed by atoms with Crippen molar-refractivity contribution >= 4 is 45.0 Å². The average Bonchev–Trinajstić information content (AvgIpc) is 2.96. The highest BCUT2D eigenvalue weighted by Crippen LogP contribution is 2.35. The van der Waals surface area contributed by atoms with E-state index in [1.807, 2.05) is 0 Å². The van der Waals surface area contributed by atoms with Crippen molar-refractivity contribution < 1.29 is 31.7 Å². The van der Waals surface area contributed by atoms with Gasteiger partial charge in [-0.2, -0.15) is 8.42 Å². The third-order valence-corrected chi connectivity index (χ3v) is 5.99. The maximum absolute atomic E-state index is 12.7. The molecule has 2 fully saturated rings. The molecule has 0 unspecified atom stereocenters. The lowest BCUT2D eigenvalue weighted by atomic mass is 10.1. The van der Waals surface area contributed by atoms with Gasteiger partial charge >= 0.3 is 10.1 Å². The van der Waals surface area contributed by atoms with E-state index in [0.29, 0.717) is 18.7 Å². The molecule has 0 radical (unpaired) electrons. The maximum atomic E-state index is 12.7. The van der Waals surface area contributed by atoms with Crippen molar-refractivity contribution in [2.75, 3.05) is 33.0 Å². The van der Waals surface area contributed by atoms with Gasteiger partial charge in [0, 0.05) is 13.1 Å². The Hall–Kier alpha value is -2.53. The Kier molecular flexibility index (Phi) is 6.71. The highest BCUT2D eigenvalue weighted by molar-refractivity contribution is 8.18.